The number of hydrogen-bond donors (Lipinski definition) is 2. The third-order valence-corrected chi connectivity index (χ3v) is 2.46. The number of ether oxygens (including phenoxy) is 1. The van der Waals surface area contributed by atoms with E-state index in [1.807, 2.05) is 0 Å². The summed E-state index contributed by atoms with van der Waals surface area (Å²) in [6.07, 6.45) is 0. The van der Waals surface area contributed by atoms with Gasteiger partial charge in [0.2, 0.25) is 0 Å². The van der Waals surface area contributed by atoms with Crippen LogP contribution >= 0.6 is 15.9 Å². The van der Waals surface area contributed by atoms with Crippen molar-refractivity contribution in [1.29, 1.82) is 0 Å². The molecular formula is C8H9BBrFO3. The maximum atomic E-state index is 13.5. The van der Waals surface area contributed by atoms with Gasteiger partial charge in [0, 0.05) is 22.6 Å². The Balaban J connectivity index is 3.19. The van der Waals surface area contributed by atoms with E-state index in [0.717, 1.165) is 0 Å². The lowest BCUT2D eigenvalue weighted by Gasteiger charge is -2.09. The molecule has 14 heavy (non-hydrogen) atoms. The van der Waals surface area contributed by atoms with E-state index in [-0.39, 0.29) is 12.1 Å². The first-order chi connectivity index (χ1) is 6.57. The van der Waals surface area contributed by atoms with Crippen molar-refractivity contribution in [2.45, 2.75) is 6.61 Å². The van der Waals surface area contributed by atoms with Crippen molar-refractivity contribution in [3.8, 4) is 0 Å². The molecule has 0 aliphatic carbocycles. The van der Waals surface area contributed by atoms with Gasteiger partial charge >= 0.3 is 7.12 Å². The molecule has 1 aromatic rings. The normalized spacial score (nSPS) is 10.4. The topological polar surface area (TPSA) is 49.7 Å². The molecule has 0 aliphatic rings. The lowest BCUT2D eigenvalue weighted by atomic mass is 9.79. The highest BCUT2D eigenvalue weighted by Crippen LogP contribution is 2.14. The molecule has 0 unspecified atom stereocenters. The molecule has 0 spiro atoms. The summed E-state index contributed by atoms with van der Waals surface area (Å²) in [5.41, 5.74) is 0.123. The molecule has 0 saturated carbocycles. The van der Waals surface area contributed by atoms with Gasteiger partial charge in [-0.25, -0.2) is 4.39 Å². The Bertz CT molecular complexity index is 333. The van der Waals surface area contributed by atoms with Crippen LogP contribution < -0.4 is 5.46 Å². The number of methoxy groups -OCH3 is 1. The number of rotatable bonds is 3. The van der Waals surface area contributed by atoms with Crippen LogP contribution in [-0.4, -0.2) is 24.3 Å². The Morgan fingerprint density at radius 2 is 2.14 bits per heavy atom. The first-order valence-electron chi connectivity index (χ1n) is 3.89. The zero-order valence-electron chi connectivity index (χ0n) is 7.50. The van der Waals surface area contributed by atoms with Crippen LogP contribution in [0.25, 0.3) is 0 Å². The summed E-state index contributed by atoms with van der Waals surface area (Å²) in [7, 11) is -0.391. The summed E-state index contributed by atoms with van der Waals surface area (Å²) in [5.74, 6) is -0.656. The van der Waals surface area contributed by atoms with E-state index in [0.29, 0.717) is 10.0 Å². The molecule has 1 aromatic carbocycles. The second-order valence-electron chi connectivity index (χ2n) is 2.74. The lowest BCUT2D eigenvalue weighted by Crippen LogP contribution is -2.34. The van der Waals surface area contributed by atoms with Crippen LogP contribution in [-0.2, 0) is 11.3 Å². The van der Waals surface area contributed by atoms with Gasteiger partial charge in [0.05, 0.1) is 6.61 Å². The summed E-state index contributed by atoms with van der Waals surface area (Å²) < 4.78 is 18.6. The molecule has 3 nitrogen and oxygen atoms in total. The van der Waals surface area contributed by atoms with E-state index >= 15 is 0 Å². The molecule has 2 N–H and O–H groups in total. The first kappa shape index (κ1) is 11.6. The number of halogens is 2. The molecule has 0 atom stereocenters. The second-order valence-corrected chi connectivity index (χ2v) is 3.60. The van der Waals surface area contributed by atoms with Gasteiger partial charge in [-0.05, 0) is 6.07 Å². The standard InChI is InChI=1S/C8H9BBrFO3/c1-14-4-5-2-3-6(10)7(8(5)11)9(12)13/h2-3,12-13H,4H2,1H3. The van der Waals surface area contributed by atoms with E-state index in [1.54, 1.807) is 6.07 Å². The average Bonchev–Trinajstić information content (AvgIpc) is 2.10. The van der Waals surface area contributed by atoms with Gasteiger partial charge in [0.15, 0.2) is 0 Å². The fourth-order valence-corrected chi connectivity index (χ4v) is 1.63. The molecule has 76 valence electrons. The van der Waals surface area contributed by atoms with Crippen LogP contribution in [0.1, 0.15) is 5.56 Å². The summed E-state index contributed by atoms with van der Waals surface area (Å²) in [4.78, 5) is 0. The largest absolute Gasteiger partial charge is 0.492 e. The van der Waals surface area contributed by atoms with Gasteiger partial charge in [-0.1, -0.05) is 22.0 Å². The van der Waals surface area contributed by atoms with Crippen molar-refractivity contribution < 1.29 is 19.2 Å². The van der Waals surface area contributed by atoms with Crippen molar-refractivity contribution in [3.63, 3.8) is 0 Å². The van der Waals surface area contributed by atoms with Crippen LogP contribution in [0.2, 0.25) is 0 Å². The second kappa shape index (κ2) is 4.88. The highest BCUT2D eigenvalue weighted by atomic mass is 79.9. The van der Waals surface area contributed by atoms with Gasteiger partial charge in [-0.3, -0.25) is 0 Å². The van der Waals surface area contributed by atoms with E-state index < -0.39 is 12.9 Å². The SMILES string of the molecule is COCc1ccc(Br)c(B(O)O)c1F. The molecule has 0 aromatic heterocycles. The molecule has 0 aliphatic heterocycles. The van der Waals surface area contributed by atoms with Crippen LogP contribution in [0, 0.1) is 5.82 Å². The van der Waals surface area contributed by atoms with Crippen molar-refractivity contribution in [2.75, 3.05) is 7.11 Å². The minimum absolute atomic E-state index is 0.0961. The molecule has 1 rings (SSSR count). The zero-order chi connectivity index (χ0) is 10.7. The zero-order valence-corrected chi connectivity index (χ0v) is 9.08. The molecule has 6 heteroatoms. The highest BCUT2D eigenvalue weighted by Gasteiger charge is 2.22. The van der Waals surface area contributed by atoms with E-state index in [4.69, 9.17) is 14.8 Å². The molecule has 0 fully saturated rings. The predicted octanol–water partition coefficient (Wildman–Crippen LogP) is 0.414. The Hall–Kier alpha value is -0.425. The molecule has 0 bridgehead atoms. The Morgan fingerprint density at radius 3 is 2.64 bits per heavy atom. The van der Waals surface area contributed by atoms with Crippen LogP contribution in [0.5, 0.6) is 0 Å². The summed E-state index contributed by atoms with van der Waals surface area (Å²) in [5, 5.41) is 17.8. The minimum Gasteiger partial charge on any atom is -0.423 e. The number of hydrogen-bond acceptors (Lipinski definition) is 3. The third-order valence-electron chi connectivity index (χ3n) is 1.76. The van der Waals surface area contributed by atoms with Gasteiger partial charge in [-0.2, -0.15) is 0 Å². The third kappa shape index (κ3) is 2.33. The predicted molar refractivity (Wildman–Crippen MR) is 54.6 cm³/mol. The molecular weight excluding hydrogens is 254 g/mol. The summed E-state index contributed by atoms with van der Waals surface area (Å²) in [6, 6.07) is 3.07. The number of benzene rings is 1. The van der Waals surface area contributed by atoms with Crippen molar-refractivity contribution in [3.05, 3.63) is 28.0 Å². The van der Waals surface area contributed by atoms with E-state index in [2.05, 4.69) is 15.9 Å². The van der Waals surface area contributed by atoms with E-state index in [9.17, 15) is 4.39 Å². The smallest absolute Gasteiger partial charge is 0.423 e. The Kier molecular flexibility index (Phi) is 4.06. The summed E-state index contributed by atoms with van der Waals surface area (Å²) >= 11 is 3.03. The van der Waals surface area contributed by atoms with Crippen molar-refractivity contribution in [1.82, 2.24) is 0 Å². The first-order valence-corrected chi connectivity index (χ1v) is 4.69. The average molecular weight is 263 g/mol. The molecule has 0 saturated heterocycles. The van der Waals surface area contributed by atoms with Crippen molar-refractivity contribution >= 4 is 28.5 Å². The van der Waals surface area contributed by atoms with Crippen LogP contribution in [0.15, 0.2) is 16.6 Å². The molecule has 0 heterocycles. The highest BCUT2D eigenvalue weighted by molar-refractivity contribution is 9.10. The maximum absolute atomic E-state index is 13.5. The molecule has 0 radical (unpaired) electrons. The lowest BCUT2D eigenvalue weighted by molar-refractivity contribution is 0.181. The summed E-state index contributed by atoms with van der Waals surface area (Å²) in [6.45, 7) is 0.0961. The van der Waals surface area contributed by atoms with Gasteiger partial charge in [-0.15, -0.1) is 0 Å². The van der Waals surface area contributed by atoms with E-state index in [1.165, 1.54) is 13.2 Å². The fraction of sp³-hybridized carbons (Fsp3) is 0.250. The fourth-order valence-electron chi connectivity index (χ4n) is 1.12. The molecule has 0 amide bonds. The Labute approximate surface area is 89.8 Å². The van der Waals surface area contributed by atoms with Crippen LogP contribution in [0.3, 0.4) is 0 Å². The minimum atomic E-state index is -1.83. The quantitative estimate of drug-likeness (QED) is 0.776. The van der Waals surface area contributed by atoms with Gasteiger partial charge in [0.25, 0.3) is 0 Å². The van der Waals surface area contributed by atoms with Gasteiger partial charge in [0.1, 0.15) is 5.82 Å². The maximum Gasteiger partial charge on any atom is 0.492 e. The van der Waals surface area contributed by atoms with Crippen molar-refractivity contribution in [2.24, 2.45) is 0 Å². The van der Waals surface area contributed by atoms with Gasteiger partial charge < -0.3 is 14.8 Å². The Morgan fingerprint density at radius 1 is 1.50 bits per heavy atom. The monoisotopic (exact) mass is 262 g/mol. The van der Waals surface area contributed by atoms with Crippen LogP contribution in [0.4, 0.5) is 4.39 Å².